The lowest BCUT2D eigenvalue weighted by Crippen LogP contribution is -2.44. The number of carbonyl (C=O) groups is 2. The molecule has 6 heteroatoms. The fraction of sp³-hybridized carbons (Fsp3) is 0.429. The number of nitrogens with one attached hydrogen (secondary N) is 2. The van der Waals surface area contributed by atoms with E-state index in [1.54, 1.807) is 11.9 Å². The molecule has 1 heterocycles. The topological polar surface area (TPSA) is 61.4 Å². The average Bonchev–Trinajstić information content (AvgIpc) is 2.44. The van der Waals surface area contributed by atoms with Crippen LogP contribution in [0, 0.1) is 0 Å². The van der Waals surface area contributed by atoms with E-state index in [0.29, 0.717) is 0 Å². The van der Waals surface area contributed by atoms with Crippen molar-refractivity contribution in [2.24, 2.45) is 0 Å². The Balaban J connectivity index is 0.00000200. The number of para-hydroxylation sites is 1. The molecular weight excluding hydrogens is 278 g/mol. The van der Waals surface area contributed by atoms with Crippen molar-refractivity contribution in [2.45, 2.75) is 12.8 Å². The summed E-state index contributed by atoms with van der Waals surface area (Å²) < 4.78 is 0. The van der Waals surface area contributed by atoms with Crippen LogP contribution in [-0.2, 0) is 16.0 Å². The van der Waals surface area contributed by atoms with Crippen molar-refractivity contribution in [1.29, 1.82) is 0 Å². The molecule has 5 nitrogen and oxygen atoms in total. The lowest BCUT2D eigenvalue weighted by molar-refractivity contribution is -0.124. The van der Waals surface area contributed by atoms with Gasteiger partial charge in [0.15, 0.2) is 0 Å². The second-order valence-corrected chi connectivity index (χ2v) is 4.58. The summed E-state index contributed by atoms with van der Waals surface area (Å²) in [6.45, 7) is 0.996. The molecule has 110 valence electrons. The van der Waals surface area contributed by atoms with Gasteiger partial charge in [-0.1, -0.05) is 18.2 Å². The van der Waals surface area contributed by atoms with Crippen molar-refractivity contribution < 1.29 is 9.59 Å². The number of rotatable bonds is 4. The van der Waals surface area contributed by atoms with Crippen molar-refractivity contribution in [2.75, 3.05) is 31.6 Å². The first kappa shape index (κ1) is 16.5. The van der Waals surface area contributed by atoms with Gasteiger partial charge in [-0.2, -0.15) is 0 Å². The number of amides is 2. The molecule has 0 saturated carbocycles. The molecule has 0 radical (unpaired) electrons. The van der Waals surface area contributed by atoms with Crippen molar-refractivity contribution >= 4 is 29.9 Å². The Morgan fingerprint density at radius 2 is 2.00 bits per heavy atom. The van der Waals surface area contributed by atoms with Crippen LogP contribution in [0.3, 0.4) is 0 Å². The molecule has 1 aromatic carbocycles. The Labute approximate surface area is 125 Å². The van der Waals surface area contributed by atoms with Crippen molar-refractivity contribution in [1.82, 2.24) is 10.6 Å². The van der Waals surface area contributed by atoms with E-state index < -0.39 is 0 Å². The van der Waals surface area contributed by atoms with E-state index in [2.05, 4.69) is 10.6 Å². The van der Waals surface area contributed by atoms with E-state index in [0.717, 1.165) is 25.1 Å². The van der Waals surface area contributed by atoms with Crippen LogP contribution in [0.25, 0.3) is 0 Å². The maximum absolute atomic E-state index is 12.2. The van der Waals surface area contributed by atoms with Crippen LogP contribution in [0.1, 0.15) is 12.0 Å². The molecule has 0 saturated heterocycles. The number of anilines is 1. The van der Waals surface area contributed by atoms with Crippen LogP contribution in [0.15, 0.2) is 24.3 Å². The molecule has 2 amide bonds. The van der Waals surface area contributed by atoms with Crippen LogP contribution >= 0.6 is 12.4 Å². The van der Waals surface area contributed by atoms with Crippen molar-refractivity contribution in [3.05, 3.63) is 29.8 Å². The normalized spacial score (nSPS) is 13.2. The van der Waals surface area contributed by atoms with E-state index in [1.807, 2.05) is 24.3 Å². The van der Waals surface area contributed by atoms with Crippen molar-refractivity contribution in [3.8, 4) is 0 Å². The largest absolute Gasteiger partial charge is 0.346 e. The highest BCUT2D eigenvalue weighted by Crippen LogP contribution is 2.26. The van der Waals surface area contributed by atoms with Gasteiger partial charge in [0.25, 0.3) is 0 Å². The molecule has 0 aliphatic carbocycles. The molecule has 0 spiro atoms. The minimum absolute atomic E-state index is 0. The number of aryl methyl sites for hydroxylation is 1. The summed E-state index contributed by atoms with van der Waals surface area (Å²) in [6.07, 6.45) is 1.97. The molecule has 0 atom stereocenters. The molecule has 1 aliphatic heterocycles. The van der Waals surface area contributed by atoms with Crippen LogP contribution < -0.4 is 15.5 Å². The lowest BCUT2D eigenvalue weighted by Gasteiger charge is -2.29. The molecule has 2 rings (SSSR count). The van der Waals surface area contributed by atoms with Gasteiger partial charge in [-0.05, 0) is 31.5 Å². The number of hydrogen-bond donors (Lipinski definition) is 2. The molecule has 20 heavy (non-hydrogen) atoms. The van der Waals surface area contributed by atoms with E-state index in [-0.39, 0.29) is 37.3 Å². The highest BCUT2D eigenvalue weighted by Gasteiger charge is 2.21. The zero-order chi connectivity index (χ0) is 13.7. The van der Waals surface area contributed by atoms with E-state index in [4.69, 9.17) is 0 Å². The highest BCUT2D eigenvalue weighted by molar-refractivity contribution is 5.97. The third-order valence-electron chi connectivity index (χ3n) is 3.19. The monoisotopic (exact) mass is 297 g/mol. The van der Waals surface area contributed by atoms with Gasteiger partial charge in [0.2, 0.25) is 11.8 Å². The summed E-state index contributed by atoms with van der Waals surface area (Å²) in [4.78, 5) is 25.3. The molecule has 0 unspecified atom stereocenters. The third kappa shape index (κ3) is 3.95. The van der Waals surface area contributed by atoms with Crippen LogP contribution in [0.2, 0.25) is 0 Å². The predicted octanol–water partition coefficient (Wildman–Crippen LogP) is 0.723. The minimum Gasteiger partial charge on any atom is -0.346 e. The number of hydrogen-bond acceptors (Lipinski definition) is 3. The van der Waals surface area contributed by atoms with E-state index in [1.165, 1.54) is 5.56 Å². The Hall–Kier alpha value is -1.59. The SMILES string of the molecule is CNCC(=O)NCC(=O)N1CCCc2ccccc21.Cl. The number of likely N-dealkylation sites (N-methyl/N-ethyl adjacent to an activating group) is 1. The van der Waals surface area contributed by atoms with Crippen molar-refractivity contribution in [3.63, 3.8) is 0 Å². The van der Waals surface area contributed by atoms with Crippen LogP contribution in [-0.4, -0.2) is 38.5 Å². The fourth-order valence-electron chi connectivity index (χ4n) is 2.29. The lowest BCUT2D eigenvalue weighted by atomic mass is 10.0. The molecule has 1 aromatic rings. The Kier molecular flexibility index (Phi) is 6.48. The minimum atomic E-state index is -0.166. The molecule has 0 bridgehead atoms. The summed E-state index contributed by atoms with van der Waals surface area (Å²) in [5.74, 6) is -0.224. The number of halogens is 1. The number of carbonyl (C=O) groups excluding carboxylic acids is 2. The fourth-order valence-corrected chi connectivity index (χ4v) is 2.29. The van der Waals surface area contributed by atoms with Gasteiger partial charge < -0.3 is 15.5 Å². The standard InChI is InChI=1S/C14H19N3O2.ClH/c1-15-9-13(18)16-10-14(19)17-8-4-6-11-5-2-3-7-12(11)17;/h2-3,5,7,15H,4,6,8-10H2,1H3,(H,16,18);1H. The van der Waals surface area contributed by atoms with Crippen LogP contribution in [0.5, 0.6) is 0 Å². The quantitative estimate of drug-likeness (QED) is 0.861. The highest BCUT2D eigenvalue weighted by atomic mass is 35.5. The zero-order valence-electron chi connectivity index (χ0n) is 11.5. The molecule has 2 N–H and O–H groups in total. The average molecular weight is 298 g/mol. The van der Waals surface area contributed by atoms with Gasteiger partial charge >= 0.3 is 0 Å². The second-order valence-electron chi connectivity index (χ2n) is 4.58. The Bertz CT molecular complexity index is 479. The summed E-state index contributed by atoms with van der Waals surface area (Å²) in [7, 11) is 1.70. The van der Waals surface area contributed by atoms with E-state index in [9.17, 15) is 9.59 Å². The van der Waals surface area contributed by atoms with Gasteiger partial charge in [-0.15, -0.1) is 12.4 Å². The van der Waals surface area contributed by atoms with Gasteiger partial charge in [-0.3, -0.25) is 9.59 Å². The predicted molar refractivity (Wildman–Crippen MR) is 81.3 cm³/mol. The van der Waals surface area contributed by atoms with Gasteiger partial charge in [0.05, 0.1) is 13.1 Å². The Morgan fingerprint density at radius 1 is 1.25 bits per heavy atom. The number of nitrogens with zero attached hydrogens (tertiary/aromatic N) is 1. The zero-order valence-corrected chi connectivity index (χ0v) is 12.3. The summed E-state index contributed by atoms with van der Waals surface area (Å²) in [5.41, 5.74) is 2.17. The first-order valence-corrected chi connectivity index (χ1v) is 6.52. The van der Waals surface area contributed by atoms with Crippen LogP contribution in [0.4, 0.5) is 5.69 Å². The summed E-state index contributed by atoms with van der Waals surface area (Å²) in [6, 6.07) is 7.93. The van der Waals surface area contributed by atoms with E-state index >= 15 is 0 Å². The maximum atomic E-state index is 12.2. The first-order chi connectivity index (χ1) is 9.22. The molecule has 0 fully saturated rings. The smallest absolute Gasteiger partial charge is 0.246 e. The summed E-state index contributed by atoms with van der Waals surface area (Å²) in [5, 5.41) is 5.37. The number of fused-ring (bicyclic) bond motifs is 1. The van der Waals surface area contributed by atoms with Gasteiger partial charge in [-0.25, -0.2) is 0 Å². The van der Waals surface area contributed by atoms with Gasteiger partial charge in [0, 0.05) is 12.2 Å². The molecule has 1 aliphatic rings. The third-order valence-corrected chi connectivity index (χ3v) is 3.19. The van der Waals surface area contributed by atoms with Gasteiger partial charge in [0.1, 0.15) is 0 Å². The number of benzene rings is 1. The second kappa shape index (κ2) is 7.87. The Morgan fingerprint density at radius 3 is 2.75 bits per heavy atom. The molecular formula is C14H20ClN3O2. The first-order valence-electron chi connectivity index (χ1n) is 6.52. The maximum Gasteiger partial charge on any atom is 0.246 e. The molecule has 0 aromatic heterocycles. The summed E-state index contributed by atoms with van der Waals surface area (Å²) >= 11 is 0.